The number of amides is 2. The highest BCUT2D eigenvalue weighted by molar-refractivity contribution is 7.92. The molecule has 43 heavy (non-hydrogen) atoms. The minimum Gasteiger partial charge on any atom is -0.497 e. The first-order valence-electron chi connectivity index (χ1n) is 13.4. The Kier molecular flexibility index (Phi) is 11.1. The summed E-state index contributed by atoms with van der Waals surface area (Å²) < 4.78 is 74.5. The van der Waals surface area contributed by atoms with Crippen molar-refractivity contribution >= 4 is 39.1 Å². The molecule has 2 amide bonds. The summed E-state index contributed by atoms with van der Waals surface area (Å²) in [6, 6.07) is 14.6. The average Bonchev–Trinajstić information content (AvgIpc) is 2.98. The second-order valence-corrected chi connectivity index (χ2v) is 12.1. The topological polar surface area (TPSA) is 96.0 Å². The Morgan fingerprint density at radius 1 is 1.00 bits per heavy atom. The predicted molar refractivity (Wildman–Crippen MR) is 158 cm³/mol. The lowest BCUT2D eigenvalue weighted by Gasteiger charge is -2.33. The van der Waals surface area contributed by atoms with Gasteiger partial charge in [0.15, 0.2) is 0 Å². The summed E-state index contributed by atoms with van der Waals surface area (Å²) in [7, 11) is -3.14. The Hall–Kier alpha value is -3.77. The Balaban J connectivity index is 2.13. The fourth-order valence-electron chi connectivity index (χ4n) is 4.13. The number of carbonyl (C=O) groups excluding carboxylic acids is 2. The van der Waals surface area contributed by atoms with Gasteiger partial charge in [0.2, 0.25) is 11.8 Å². The standard InChI is InChI=1S/C30H33ClF3N3O5S/c1-5-20(2)35-29(39)21(3)36(18-22-10-9-11-24(16-22)42-4)28(38)19-37(43(40,41)25-12-7-6-8-13-25)27-17-23(30(32,33)34)14-15-26(27)31/h6-17,20-21H,5,18-19H2,1-4H3,(H,35,39)/t20-,21-/m1/s1. The van der Waals surface area contributed by atoms with Gasteiger partial charge in [-0.3, -0.25) is 13.9 Å². The van der Waals surface area contributed by atoms with E-state index in [-0.39, 0.29) is 22.5 Å². The van der Waals surface area contributed by atoms with Crippen LogP contribution in [0.5, 0.6) is 5.75 Å². The summed E-state index contributed by atoms with van der Waals surface area (Å²) in [5, 5.41) is 2.49. The average molecular weight is 640 g/mol. The van der Waals surface area contributed by atoms with Gasteiger partial charge >= 0.3 is 6.18 Å². The molecule has 0 aromatic heterocycles. The van der Waals surface area contributed by atoms with Crippen molar-refractivity contribution in [3.8, 4) is 5.75 Å². The van der Waals surface area contributed by atoms with Crippen LogP contribution in [0.1, 0.15) is 38.3 Å². The van der Waals surface area contributed by atoms with E-state index in [9.17, 15) is 31.2 Å². The first kappa shape index (κ1) is 33.7. The quantitative estimate of drug-likeness (QED) is 0.267. The van der Waals surface area contributed by atoms with E-state index in [2.05, 4.69) is 5.32 Å². The van der Waals surface area contributed by atoms with Crippen LogP contribution in [0.15, 0.2) is 77.7 Å². The van der Waals surface area contributed by atoms with Gasteiger partial charge in [0.05, 0.1) is 28.3 Å². The van der Waals surface area contributed by atoms with Gasteiger partial charge in [0.25, 0.3) is 10.0 Å². The molecule has 13 heteroatoms. The van der Waals surface area contributed by atoms with E-state index in [1.165, 1.54) is 43.2 Å². The fraction of sp³-hybridized carbons (Fsp3) is 0.333. The predicted octanol–water partition coefficient (Wildman–Crippen LogP) is 5.89. The molecule has 0 aliphatic heterocycles. The van der Waals surface area contributed by atoms with E-state index < -0.39 is 51.9 Å². The third-order valence-corrected chi connectivity index (χ3v) is 8.90. The molecule has 2 atom stereocenters. The van der Waals surface area contributed by atoms with Crippen LogP contribution in [-0.4, -0.2) is 50.9 Å². The second kappa shape index (κ2) is 14.1. The molecular formula is C30H33ClF3N3O5S. The zero-order valence-electron chi connectivity index (χ0n) is 24.1. The molecule has 3 rings (SSSR count). The lowest BCUT2D eigenvalue weighted by Crippen LogP contribution is -2.52. The molecule has 0 radical (unpaired) electrons. The van der Waals surface area contributed by atoms with Gasteiger partial charge in [0, 0.05) is 12.6 Å². The maximum atomic E-state index is 14.0. The van der Waals surface area contributed by atoms with Crippen LogP contribution in [0.25, 0.3) is 0 Å². The van der Waals surface area contributed by atoms with Crippen LogP contribution >= 0.6 is 11.6 Å². The number of methoxy groups -OCH3 is 1. The number of hydrogen-bond acceptors (Lipinski definition) is 5. The molecule has 3 aromatic carbocycles. The molecule has 3 aromatic rings. The van der Waals surface area contributed by atoms with Crippen molar-refractivity contribution in [3.63, 3.8) is 0 Å². The van der Waals surface area contributed by atoms with Crippen molar-refractivity contribution in [2.75, 3.05) is 18.0 Å². The van der Waals surface area contributed by atoms with Crippen molar-refractivity contribution < 1.29 is 35.9 Å². The number of halogens is 4. The first-order chi connectivity index (χ1) is 20.2. The summed E-state index contributed by atoms with van der Waals surface area (Å²) >= 11 is 6.27. The number of carbonyl (C=O) groups is 2. The molecule has 0 spiro atoms. The van der Waals surface area contributed by atoms with E-state index in [1.807, 2.05) is 6.92 Å². The van der Waals surface area contributed by atoms with E-state index in [0.29, 0.717) is 28.1 Å². The molecular weight excluding hydrogens is 607 g/mol. The summed E-state index contributed by atoms with van der Waals surface area (Å²) in [6.07, 6.45) is -4.19. The van der Waals surface area contributed by atoms with Gasteiger partial charge in [-0.2, -0.15) is 13.2 Å². The van der Waals surface area contributed by atoms with Crippen molar-refractivity contribution in [2.24, 2.45) is 0 Å². The number of hydrogen-bond donors (Lipinski definition) is 1. The molecule has 0 aliphatic rings. The van der Waals surface area contributed by atoms with Gasteiger partial charge in [-0.1, -0.05) is 48.9 Å². The van der Waals surface area contributed by atoms with Gasteiger partial charge in [0.1, 0.15) is 18.3 Å². The lowest BCUT2D eigenvalue weighted by atomic mass is 10.1. The second-order valence-electron chi connectivity index (χ2n) is 9.86. The molecule has 0 aliphatic carbocycles. The van der Waals surface area contributed by atoms with Crippen molar-refractivity contribution in [1.82, 2.24) is 10.2 Å². The Bertz CT molecular complexity index is 1540. The van der Waals surface area contributed by atoms with Crippen molar-refractivity contribution in [3.05, 3.63) is 88.9 Å². The monoisotopic (exact) mass is 639 g/mol. The van der Waals surface area contributed by atoms with Gasteiger partial charge in [-0.15, -0.1) is 0 Å². The van der Waals surface area contributed by atoms with E-state index >= 15 is 0 Å². The Morgan fingerprint density at radius 3 is 2.28 bits per heavy atom. The molecule has 232 valence electrons. The summed E-state index contributed by atoms with van der Waals surface area (Å²) in [4.78, 5) is 28.1. The number of sulfonamides is 1. The molecule has 0 heterocycles. The Labute approximate surface area is 254 Å². The highest BCUT2D eigenvalue weighted by Crippen LogP contribution is 2.37. The van der Waals surface area contributed by atoms with Crippen LogP contribution in [0.3, 0.4) is 0 Å². The van der Waals surface area contributed by atoms with E-state index in [0.717, 1.165) is 12.1 Å². The van der Waals surface area contributed by atoms with Crippen LogP contribution in [0.4, 0.5) is 18.9 Å². The molecule has 0 fully saturated rings. The summed E-state index contributed by atoms with van der Waals surface area (Å²) in [5.41, 5.74) is -1.11. The van der Waals surface area contributed by atoms with E-state index in [1.54, 1.807) is 37.3 Å². The minimum absolute atomic E-state index is 0.124. The largest absolute Gasteiger partial charge is 0.497 e. The molecule has 0 bridgehead atoms. The normalized spacial score (nSPS) is 13.1. The smallest absolute Gasteiger partial charge is 0.416 e. The number of alkyl halides is 3. The van der Waals surface area contributed by atoms with Crippen LogP contribution in [0.2, 0.25) is 5.02 Å². The third kappa shape index (κ3) is 8.41. The molecule has 0 saturated carbocycles. The molecule has 0 unspecified atom stereocenters. The SMILES string of the molecule is CC[C@@H](C)NC(=O)[C@@H](C)N(Cc1cccc(OC)c1)C(=O)CN(c1cc(C(F)(F)F)ccc1Cl)S(=O)(=O)c1ccccc1. The number of anilines is 1. The summed E-state index contributed by atoms with van der Waals surface area (Å²) in [6.45, 7) is 4.09. The molecule has 0 saturated heterocycles. The first-order valence-corrected chi connectivity index (χ1v) is 15.2. The van der Waals surface area contributed by atoms with Crippen molar-refractivity contribution in [2.45, 2.75) is 56.9 Å². The highest BCUT2D eigenvalue weighted by Gasteiger charge is 2.36. The van der Waals surface area contributed by atoms with Crippen LogP contribution < -0.4 is 14.4 Å². The molecule has 8 nitrogen and oxygen atoms in total. The number of ether oxygens (including phenoxy) is 1. The van der Waals surface area contributed by atoms with Gasteiger partial charge in [-0.25, -0.2) is 8.42 Å². The third-order valence-electron chi connectivity index (χ3n) is 6.81. The maximum absolute atomic E-state index is 14.0. The van der Waals surface area contributed by atoms with Crippen molar-refractivity contribution in [1.29, 1.82) is 0 Å². The number of nitrogens with zero attached hydrogens (tertiary/aromatic N) is 2. The van der Waals surface area contributed by atoms with Crippen LogP contribution in [0, 0.1) is 0 Å². The maximum Gasteiger partial charge on any atom is 0.416 e. The lowest BCUT2D eigenvalue weighted by molar-refractivity contribution is -0.139. The zero-order chi connectivity index (χ0) is 31.9. The summed E-state index contributed by atoms with van der Waals surface area (Å²) in [5.74, 6) is -0.839. The molecule has 1 N–H and O–H groups in total. The number of nitrogens with one attached hydrogen (secondary N) is 1. The van der Waals surface area contributed by atoms with Gasteiger partial charge in [-0.05, 0) is 68.3 Å². The zero-order valence-corrected chi connectivity index (χ0v) is 25.6. The fourth-order valence-corrected chi connectivity index (χ4v) is 5.84. The number of benzene rings is 3. The highest BCUT2D eigenvalue weighted by atomic mass is 35.5. The van der Waals surface area contributed by atoms with Gasteiger partial charge < -0.3 is 15.0 Å². The Morgan fingerprint density at radius 2 is 1.67 bits per heavy atom. The number of rotatable bonds is 12. The van der Waals surface area contributed by atoms with Crippen LogP contribution in [-0.2, 0) is 32.3 Å². The minimum atomic E-state index is -4.81. The van der Waals surface area contributed by atoms with E-state index in [4.69, 9.17) is 16.3 Å².